The Morgan fingerprint density at radius 1 is 1.36 bits per heavy atom. The van der Waals surface area contributed by atoms with Crippen LogP contribution < -0.4 is 20.3 Å². The van der Waals surface area contributed by atoms with E-state index >= 15 is 0 Å². The molecule has 0 spiro atoms. The van der Waals surface area contributed by atoms with Crippen LogP contribution in [0.15, 0.2) is 24.3 Å². The molecule has 3 rings (SSSR count). The van der Waals surface area contributed by atoms with E-state index in [0.29, 0.717) is 13.1 Å². The highest BCUT2D eigenvalue weighted by Gasteiger charge is 2.33. The second kappa shape index (κ2) is 7.00. The van der Waals surface area contributed by atoms with Gasteiger partial charge in [0.05, 0.1) is 25.2 Å². The predicted molar refractivity (Wildman–Crippen MR) is 91.5 cm³/mol. The third kappa shape index (κ3) is 3.67. The Labute approximate surface area is 146 Å². The summed E-state index contributed by atoms with van der Waals surface area (Å²) in [6.45, 7) is 4.02. The van der Waals surface area contributed by atoms with Crippen LogP contribution in [0.2, 0.25) is 0 Å². The molecule has 0 bridgehead atoms. The van der Waals surface area contributed by atoms with Crippen LogP contribution in [-0.4, -0.2) is 61.6 Å². The Kier molecular flexibility index (Phi) is 4.78. The summed E-state index contributed by atoms with van der Waals surface area (Å²) < 4.78 is 6.01. The first-order valence-electron chi connectivity index (χ1n) is 8.34. The van der Waals surface area contributed by atoms with Crippen molar-refractivity contribution in [2.24, 2.45) is 0 Å². The van der Waals surface area contributed by atoms with Gasteiger partial charge < -0.3 is 19.9 Å². The number of ether oxygens (including phenoxy) is 1. The molecule has 1 fully saturated rings. The fourth-order valence-corrected chi connectivity index (χ4v) is 3.11. The standard InChI is InChI=1S/C17H22N4O4/c1-3-21-10-11(25-14-7-5-4-6-13(14)21)9-20(2)15(22)8-12-16(23)19-17(24)18-12/h4-7,11-12H,3,8-10H2,1-2H3,(H2,18,19,23,24). The SMILES string of the molecule is CCN1CC(CN(C)C(=O)CC2NC(=O)NC2=O)Oc2ccccc21. The number of urea groups is 1. The van der Waals surface area contributed by atoms with Crippen LogP contribution in [0.3, 0.4) is 0 Å². The third-order valence-corrected chi connectivity index (χ3v) is 4.45. The fourth-order valence-electron chi connectivity index (χ4n) is 3.11. The van der Waals surface area contributed by atoms with Crippen molar-refractivity contribution in [2.75, 3.05) is 31.6 Å². The molecule has 4 amide bonds. The highest BCUT2D eigenvalue weighted by atomic mass is 16.5. The number of amides is 4. The number of para-hydroxylation sites is 2. The molecule has 8 heteroatoms. The number of nitrogens with one attached hydrogen (secondary N) is 2. The van der Waals surface area contributed by atoms with Gasteiger partial charge in [-0.05, 0) is 19.1 Å². The molecule has 2 unspecified atom stereocenters. The van der Waals surface area contributed by atoms with E-state index in [0.717, 1.165) is 18.0 Å². The Morgan fingerprint density at radius 3 is 2.80 bits per heavy atom. The van der Waals surface area contributed by atoms with Crippen LogP contribution in [0.25, 0.3) is 0 Å². The zero-order chi connectivity index (χ0) is 18.0. The van der Waals surface area contributed by atoms with Crippen molar-refractivity contribution in [1.82, 2.24) is 15.5 Å². The first-order chi connectivity index (χ1) is 12.0. The van der Waals surface area contributed by atoms with Gasteiger partial charge >= 0.3 is 6.03 Å². The van der Waals surface area contributed by atoms with E-state index in [4.69, 9.17) is 4.74 Å². The summed E-state index contributed by atoms with van der Waals surface area (Å²) in [7, 11) is 1.68. The first-order valence-corrected chi connectivity index (χ1v) is 8.34. The smallest absolute Gasteiger partial charge is 0.322 e. The van der Waals surface area contributed by atoms with Gasteiger partial charge in [0.15, 0.2) is 0 Å². The quantitative estimate of drug-likeness (QED) is 0.750. The number of nitrogens with zero attached hydrogens (tertiary/aromatic N) is 2. The molecule has 25 heavy (non-hydrogen) atoms. The van der Waals surface area contributed by atoms with Gasteiger partial charge in [-0.25, -0.2) is 4.79 Å². The highest BCUT2D eigenvalue weighted by Crippen LogP contribution is 2.32. The lowest BCUT2D eigenvalue weighted by Gasteiger charge is -2.37. The molecule has 2 atom stereocenters. The topological polar surface area (TPSA) is 91.0 Å². The molecular weight excluding hydrogens is 324 g/mol. The molecule has 1 aromatic carbocycles. The van der Waals surface area contributed by atoms with E-state index in [2.05, 4.69) is 22.5 Å². The average molecular weight is 346 g/mol. The number of carbonyl (C=O) groups excluding carboxylic acids is 3. The number of likely N-dealkylation sites (N-methyl/N-ethyl adjacent to an activating group) is 2. The summed E-state index contributed by atoms with van der Waals surface area (Å²) in [5.74, 6) is 0.128. The van der Waals surface area contributed by atoms with Gasteiger partial charge in [0.1, 0.15) is 17.9 Å². The lowest BCUT2D eigenvalue weighted by Crippen LogP contribution is -2.47. The van der Waals surface area contributed by atoms with Gasteiger partial charge in [0.25, 0.3) is 5.91 Å². The molecule has 2 heterocycles. The molecule has 0 aliphatic carbocycles. The largest absolute Gasteiger partial charge is 0.485 e. The second-order valence-corrected chi connectivity index (χ2v) is 6.24. The molecule has 0 radical (unpaired) electrons. The molecule has 1 aromatic rings. The van der Waals surface area contributed by atoms with E-state index in [1.807, 2.05) is 24.3 Å². The van der Waals surface area contributed by atoms with Gasteiger partial charge in [0.2, 0.25) is 5.91 Å². The molecule has 2 N–H and O–H groups in total. The molecule has 134 valence electrons. The maximum Gasteiger partial charge on any atom is 0.322 e. The number of hydrogen-bond donors (Lipinski definition) is 2. The number of benzene rings is 1. The number of anilines is 1. The Bertz CT molecular complexity index is 693. The van der Waals surface area contributed by atoms with Crippen LogP contribution in [0.5, 0.6) is 5.75 Å². The minimum absolute atomic E-state index is 0.0606. The van der Waals surface area contributed by atoms with Crippen molar-refractivity contribution in [2.45, 2.75) is 25.5 Å². The molecule has 0 aromatic heterocycles. The second-order valence-electron chi connectivity index (χ2n) is 6.24. The van der Waals surface area contributed by atoms with Gasteiger partial charge in [-0.15, -0.1) is 0 Å². The van der Waals surface area contributed by atoms with Crippen LogP contribution in [0.1, 0.15) is 13.3 Å². The van der Waals surface area contributed by atoms with E-state index in [-0.39, 0.29) is 18.4 Å². The van der Waals surface area contributed by atoms with Crippen molar-refractivity contribution in [3.63, 3.8) is 0 Å². The van der Waals surface area contributed by atoms with Crippen LogP contribution in [0, 0.1) is 0 Å². The Balaban J connectivity index is 1.59. The van der Waals surface area contributed by atoms with Crippen molar-refractivity contribution in [1.29, 1.82) is 0 Å². The maximum absolute atomic E-state index is 12.3. The van der Waals surface area contributed by atoms with Crippen molar-refractivity contribution in [3.05, 3.63) is 24.3 Å². The Morgan fingerprint density at radius 2 is 2.12 bits per heavy atom. The number of hydrogen-bond acceptors (Lipinski definition) is 5. The first kappa shape index (κ1) is 17.1. The summed E-state index contributed by atoms with van der Waals surface area (Å²) in [5, 5.41) is 4.56. The molecular formula is C17H22N4O4. The van der Waals surface area contributed by atoms with Gasteiger partial charge in [-0.1, -0.05) is 12.1 Å². The number of rotatable bonds is 5. The van der Waals surface area contributed by atoms with Crippen molar-refractivity contribution < 1.29 is 19.1 Å². The summed E-state index contributed by atoms with van der Waals surface area (Å²) in [4.78, 5) is 38.8. The van der Waals surface area contributed by atoms with E-state index < -0.39 is 18.0 Å². The predicted octanol–water partition coefficient (Wildman–Crippen LogP) is 0.330. The zero-order valence-corrected chi connectivity index (χ0v) is 14.3. The lowest BCUT2D eigenvalue weighted by atomic mass is 10.1. The number of fused-ring (bicyclic) bond motifs is 1. The van der Waals surface area contributed by atoms with E-state index in [1.54, 1.807) is 11.9 Å². The lowest BCUT2D eigenvalue weighted by molar-refractivity contribution is -0.133. The monoisotopic (exact) mass is 346 g/mol. The minimum atomic E-state index is -0.803. The average Bonchev–Trinajstić information content (AvgIpc) is 2.91. The van der Waals surface area contributed by atoms with Gasteiger partial charge in [0, 0.05) is 13.6 Å². The minimum Gasteiger partial charge on any atom is -0.485 e. The van der Waals surface area contributed by atoms with E-state index in [1.165, 1.54) is 0 Å². The summed E-state index contributed by atoms with van der Waals surface area (Å²) >= 11 is 0. The van der Waals surface area contributed by atoms with Crippen molar-refractivity contribution in [3.8, 4) is 5.75 Å². The summed E-state index contributed by atoms with van der Waals surface area (Å²) in [5.41, 5.74) is 1.06. The summed E-state index contributed by atoms with van der Waals surface area (Å²) in [6.07, 6.45) is -0.217. The van der Waals surface area contributed by atoms with Crippen LogP contribution in [0.4, 0.5) is 10.5 Å². The zero-order valence-electron chi connectivity index (χ0n) is 14.3. The highest BCUT2D eigenvalue weighted by molar-refractivity contribution is 6.05. The molecule has 2 aliphatic heterocycles. The number of imide groups is 1. The molecule has 1 saturated heterocycles. The third-order valence-electron chi connectivity index (χ3n) is 4.45. The summed E-state index contributed by atoms with van der Waals surface area (Å²) in [6, 6.07) is 6.47. The van der Waals surface area contributed by atoms with Gasteiger partial charge in [-0.2, -0.15) is 0 Å². The van der Waals surface area contributed by atoms with Crippen molar-refractivity contribution >= 4 is 23.5 Å². The molecule has 2 aliphatic rings. The fraction of sp³-hybridized carbons (Fsp3) is 0.471. The van der Waals surface area contributed by atoms with Crippen LogP contribution >= 0.6 is 0 Å². The number of carbonyl (C=O) groups is 3. The van der Waals surface area contributed by atoms with E-state index in [9.17, 15) is 14.4 Å². The van der Waals surface area contributed by atoms with Gasteiger partial charge in [-0.3, -0.25) is 14.9 Å². The normalized spacial score (nSPS) is 21.9. The molecule has 0 saturated carbocycles. The Hall–Kier alpha value is -2.77. The maximum atomic E-state index is 12.3. The van der Waals surface area contributed by atoms with Crippen LogP contribution in [-0.2, 0) is 9.59 Å². The molecule has 8 nitrogen and oxygen atoms in total.